The van der Waals surface area contributed by atoms with Gasteiger partial charge in [0.25, 0.3) is 0 Å². The number of nitrogens with zero attached hydrogens (tertiary/aromatic N) is 1. The van der Waals surface area contributed by atoms with Crippen molar-refractivity contribution in [2.75, 3.05) is 7.11 Å². The maximum atomic E-state index is 10.6. The van der Waals surface area contributed by atoms with Gasteiger partial charge < -0.3 is 9.53 Å². The fourth-order valence-electron chi connectivity index (χ4n) is 1.27. The number of ether oxygens (including phenoxy) is 1. The predicted octanol–water partition coefficient (Wildman–Crippen LogP) is 1.81. The molecule has 1 unspecified atom stereocenters. The second-order valence-electron chi connectivity index (χ2n) is 2.99. The summed E-state index contributed by atoms with van der Waals surface area (Å²) in [7, 11) is 1.52. The molecule has 1 aromatic rings. The molecule has 0 amide bonds. The van der Waals surface area contributed by atoms with Gasteiger partial charge in [-0.2, -0.15) is 5.26 Å². The Kier molecular flexibility index (Phi) is 3.24. The van der Waals surface area contributed by atoms with Crippen molar-refractivity contribution in [2.45, 2.75) is 12.8 Å². The van der Waals surface area contributed by atoms with Crippen molar-refractivity contribution < 1.29 is 9.53 Å². The Labute approximate surface area is 82.9 Å². The molecule has 0 aliphatic carbocycles. The molecule has 0 spiro atoms. The zero-order valence-corrected chi connectivity index (χ0v) is 8.15. The molecule has 0 heterocycles. The van der Waals surface area contributed by atoms with E-state index >= 15 is 0 Å². The molecule has 0 fully saturated rings. The van der Waals surface area contributed by atoms with E-state index in [0.29, 0.717) is 17.6 Å². The summed E-state index contributed by atoms with van der Waals surface area (Å²) in [4.78, 5) is 10.6. The van der Waals surface area contributed by atoms with Gasteiger partial charge in [-0.25, -0.2) is 0 Å². The summed E-state index contributed by atoms with van der Waals surface area (Å²) in [5.41, 5.74) is 1.63. The summed E-state index contributed by atoms with van der Waals surface area (Å²) in [6.45, 7) is 1.90. The third-order valence-corrected chi connectivity index (χ3v) is 2.00. The van der Waals surface area contributed by atoms with E-state index in [-0.39, 0.29) is 0 Å². The van der Waals surface area contributed by atoms with Gasteiger partial charge in [0.05, 0.1) is 13.2 Å². The standard InChI is InChI=1S/C11H11NO2/c1-8-3-4-11(14-2)10(5-8)9(6-12)7-13/h3-5,7,9H,1-2H3. The van der Waals surface area contributed by atoms with Gasteiger partial charge in [0.1, 0.15) is 18.0 Å². The van der Waals surface area contributed by atoms with Crippen molar-refractivity contribution in [3.05, 3.63) is 29.3 Å². The van der Waals surface area contributed by atoms with Crippen LogP contribution in [0.25, 0.3) is 0 Å². The van der Waals surface area contributed by atoms with Crippen molar-refractivity contribution >= 4 is 6.29 Å². The van der Waals surface area contributed by atoms with Crippen molar-refractivity contribution in [1.29, 1.82) is 5.26 Å². The number of aryl methyl sites for hydroxylation is 1. The highest BCUT2D eigenvalue weighted by atomic mass is 16.5. The molecule has 0 aliphatic heterocycles. The normalized spacial score (nSPS) is 11.5. The zero-order chi connectivity index (χ0) is 10.6. The summed E-state index contributed by atoms with van der Waals surface area (Å²) < 4.78 is 5.07. The number of carbonyl (C=O) groups excluding carboxylic acids is 1. The Bertz CT molecular complexity index is 379. The van der Waals surface area contributed by atoms with Crippen molar-refractivity contribution in [1.82, 2.24) is 0 Å². The van der Waals surface area contributed by atoms with Crippen LogP contribution in [0.5, 0.6) is 5.75 Å². The minimum Gasteiger partial charge on any atom is -0.496 e. The molecule has 14 heavy (non-hydrogen) atoms. The molecule has 3 heteroatoms. The minimum absolute atomic E-state index is 0.578. The van der Waals surface area contributed by atoms with Gasteiger partial charge in [0, 0.05) is 5.56 Å². The molecular formula is C11H11NO2. The van der Waals surface area contributed by atoms with E-state index in [9.17, 15) is 4.79 Å². The second-order valence-corrected chi connectivity index (χ2v) is 2.99. The Hall–Kier alpha value is -1.82. The molecule has 0 aliphatic rings. The molecule has 0 aromatic heterocycles. The Morgan fingerprint density at radius 1 is 1.57 bits per heavy atom. The first-order valence-electron chi connectivity index (χ1n) is 4.22. The zero-order valence-electron chi connectivity index (χ0n) is 8.15. The van der Waals surface area contributed by atoms with Crippen molar-refractivity contribution in [3.63, 3.8) is 0 Å². The molecule has 0 radical (unpaired) electrons. The SMILES string of the molecule is COc1ccc(C)cc1C(C#N)C=O. The van der Waals surface area contributed by atoms with E-state index < -0.39 is 5.92 Å². The van der Waals surface area contributed by atoms with Gasteiger partial charge in [0.2, 0.25) is 0 Å². The first-order chi connectivity index (χ1) is 6.72. The molecule has 0 bridgehead atoms. The largest absolute Gasteiger partial charge is 0.496 e. The lowest BCUT2D eigenvalue weighted by Gasteiger charge is -2.09. The molecular weight excluding hydrogens is 178 g/mol. The van der Waals surface area contributed by atoms with Gasteiger partial charge in [-0.15, -0.1) is 0 Å². The van der Waals surface area contributed by atoms with E-state index in [4.69, 9.17) is 10.00 Å². The third-order valence-electron chi connectivity index (χ3n) is 2.00. The summed E-state index contributed by atoms with van der Waals surface area (Å²) in [5, 5.41) is 8.75. The molecule has 0 saturated heterocycles. The smallest absolute Gasteiger partial charge is 0.141 e. The Morgan fingerprint density at radius 2 is 2.29 bits per heavy atom. The quantitative estimate of drug-likeness (QED) is 0.681. The summed E-state index contributed by atoms with van der Waals surface area (Å²) >= 11 is 0. The van der Waals surface area contributed by atoms with E-state index in [0.717, 1.165) is 5.56 Å². The van der Waals surface area contributed by atoms with Crippen LogP contribution in [0.3, 0.4) is 0 Å². The number of rotatable bonds is 3. The molecule has 3 nitrogen and oxygen atoms in total. The first kappa shape index (κ1) is 10.3. The third kappa shape index (κ3) is 1.91. The number of hydrogen-bond donors (Lipinski definition) is 0. The molecule has 1 rings (SSSR count). The number of methoxy groups -OCH3 is 1. The average molecular weight is 189 g/mol. The second kappa shape index (κ2) is 4.43. The van der Waals surface area contributed by atoms with E-state index in [1.807, 2.05) is 19.1 Å². The highest BCUT2D eigenvalue weighted by Gasteiger charge is 2.14. The number of nitriles is 1. The van der Waals surface area contributed by atoms with Gasteiger partial charge in [0.15, 0.2) is 0 Å². The van der Waals surface area contributed by atoms with Crippen LogP contribution in [-0.4, -0.2) is 13.4 Å². The van der Waals surface area contributed by atoms with Crippen molar-refractivity contribution in [3.8, 4) is 11.8 Å². The van der Waals surface area contributed by atoms with Crippen LogP contribution in [0, 0.1) is 18.3 Å². The number of aldehydes is 1. The fraction of sp³-hybridized carbons (Fsp3) is 0.273. The Morgan fingerprint density at radius 3 is 2.79 bits per heavy atom. The lowest BCUT2D eigenvalue weighted by molar-refractivity contribution is -0.108. The molecule has 0 N–H and O–H groups in total. The number of benzene rings is 1. The van der Waals surface area contributed by atoms with Crippen LogP contribution >= 0.6 is 0 Å². The van der Waals surface area contributed by atoms with E-state index in [1.54, 1.807) is 12.1 Å². The molecule has 72 valence electrons. The average Bonchev–Trinajstić information content (AvgIpc) is 2.20. The highest BCUT2D eigenvalue weighted by Crippen LogP contribution is 2.26. The highest BCUT2D eigenvalue weighted by molar-refractivity contribution is 5.68. The van der Waals surface area contributed by atoms with Gasteiger partial charge in [-0.1, -0.05) is 17.7 Å². The van der Waals surface area contributed by atoms with Crippen LogP contribution in [-0.2, 0) is 4.79 Å². The van der Waals surface area contributed by atoms with Crippen LogP contribution in [0.15, 0.2) is 18.2 Å². The fourth-order valence-corrected chi connectivity index (χ4v) is 1.27. The predicted molar refractivity (Wildman–Crippen MR) is 52.1 cm³/mol. The number of carbonyl (C=O) groups is 1. The van der Waals surface area contributed by atoms with Gasteiger partial charge in [-0.3, -0.25) is 0 Å². The van der Waals surface area contributed by atoms with Gasteiger partial charge >= 0.3 is 0 Å². The minimum atomic E-state index is -0.746. The van der Waals surface area contributed by atoms with Crippen LogP contribution < -0.4 is 4.74 Å². The maximum absolute atomic E-state index is 10.6. The lowest BCUT2D eigenvalue weighted by Crippen LogP contribution is -2.00. The monoisotopic (exact) mass is 189 g/mol. The summed E-state index contributed by atoms with van der Waals surface area (Å²) in [6.07, 6.45) is 0.622. The summed E-state index contributed by atoms with van der Waals surface area (Å²) in [6, 6.07) is 7.35. The molecule has 1 atom stereocenters. The molecule has 0 saturated carbocycles. The topological polar surface area (TPSA) is 50.1 Å². The van der Waals surface area contributed by atoms with Crippen LogP contribution in [0.1, 0.15) is 17.0 Å². The number of hydrogen-bond acceptors (Lipinski definition) is 3. The van der Waals surface area contributed by atoms with E-state index in [1.165, 1.54) is 7.11 Å². The summed E-state index contributed by atoms with van der Waals surface area (Å²) in [5.74, 6) is -0.167. The molecule has 1 aromatic carbocycles. The first-order valence-corrected chi connectivity index (χ1v) is 4.22. The maximum Gasteiger partial charge on any atom is 0.141 e. The van der Waals surface area contributed by atoms with Crippen LogP contribution in [0.2, 0.25) is 0 Å². The Balaban J connectivity index is 3.23. The lowest BCUT2D eigenvalue weighted by atomic mass is 9.99. The van der Waals surface area contributed by atoms with Gasteiger partial charge in [-0.05, 0) is 13.0 Å². The van der Waals surface area contributed by atoms with Crippen molar-refractivity contribution in [2.24, 2.45) is 0 Å². The van der Waals surface area contributed by atoms with E-state index in [2.05, 4.69) is 0 Å². The van der Waals surface area contributed by atoms with Crippen LogP contribution in [0.4, 0.5) is 0 Å².